The molecular formula is C18H19ClO2. The summed E-state index contributed by atoms with van der Waals surface area (Å²) < 4.78 is 5.69. The van der Waals surface area contributed by atoms with Crippen LogP contribution >= 0.6 is 11.6 Å². The average Bonchev–Trinajstić information content (AvgIpc) is 2.47. The maximum Gasteiger partial charge on any atom is 0.122 e. The van der Waals surface area contributed by atoms with Crippen LogP contribution in [0.25, 0.3) is 0 Å². The molecule has 0 radical (unpaired) electrons. The zero-order chi connectivity index (χ0) is 14.9. The van der Waals surface area contributed by atoms with Crippen LogP contribution in [0, 0.1) is 0 Å². The number of ether oxygens (including phenoxy) is 1. The Kier molecular flexibility index (Phi) is 3.92. The van der Waals surface area contributed by atoms with Gasteiger partial charge in [0, 0.05) is 5.02 Å². The van der Waals surface area contributed by atoms with Crippen LogP contribution in [0.5, 0.6) is 5.75 Å². The van der Waals surface area contributed by atoms with E-state index in [2.05, 4.69) is 6.07 Å². The number of halogens is 1. The zero-order valence-electron chi connectivity index (χ0n) is 12.1. The van der Waals surface area contributed by atoms with E-state index in [1.165, 1.54) is 5.56 Å². The molecule has 2 aromatic rings. The lowest BCUT2D eigenvalue weighted by Gasteiger charge is -2.32. The molecule has 0 saturated carbocycles. The van der Waals surface area contributed by atoms with Crippen LogP contribution < -0.4 is 4.74 Å². The second kappa shape index (κ2) is 5.70. The van der Waals surface area contributed by atoms with E-state index in [1.807, 2.05) is 49.4 Å². The molecule has 1 aliphatic rings. The van der Waals surface area contributed by atoms with E-state index in [1.54, 1.807) is 0 Å². The van der Waals surface area contributed by atoms with E-state index in [4.69, 9.17) is 16.3 Å². The highest BCUT2D eigenvalue weighted by atomic mass is 35.5. The average molecular weight is 303 g/mol. The molecular weight excluding hydrogens is 284 g/mol. The van der Waals surface area contributed by atoms with Gasteiger partial charge in [-0.3, -0.25) is 0 Å². The maximum atomic E-state index is 10.9. The Bertz CT molecular complexity index is 637. The standard InChI is InChI=1S/C18H19ClO2/c1-18(20,14-5-4-6-15(19)11-14)12-13-9-10-21-17-8-3-2-7-16(13)17/h2-8,11,13,20H,9-10,12H2,1H3. The van der Waals surface area contributed by atoms with Gasteiger partial charge in [-0.25, -0.2) is 0 Å². The fourth-order valence-electron chi connectivity index (χ4n) is 3.05. The van der Waals surface area contributed by atoms with E-state index < -0.39 is 5.60 Å². The van der Waals surface area contributed by atoms with Gasteiger partial charge in [0.25, 0.3) is 0 Å². The summed E-state index contributed by atoms with van der Waals surface area (Å²) in [4.78, 5) is 0. The van der Waals surface area contributed by atoms with Gasteiger partial charge in [0.15, 0.2) is 0 Å². The molecule has 2 atom stereocenters. The Morgan fingerprint density at radius 1 is 1.24 bits per heavy atom. The van der Waals surface area contributed by atoms with Crippen LogP contribution in [0.1, 0.15) is 36.8 Å². The minimum absolute atomic E-state index is 0.295. The SMILES string of the molecule is CC(O)(CC1CCOc2ccccc21)c1cccc(Cl)c1. The summed E-state index contributed by atoms with van der Waals surface area (Å²) >= 11 is 6.04. The largest absolute Gasteiger partial charge is 0.493 e. The van der Waals surface area contributed by atoms with Crippen molar-refractivity contribution in [1.29, 1.82) is 0 Å². The fourth-order valence-corrected chi connectivity index (χ4v) is 3.24. The molecule has 0 saturated heterocycles. The number of aliphatic hydroxyl groups is 1. The van der Waals surface area contributed by atoms with Gasteiger partial charge in [0.2, 0.25) is 0 Å². The highest BCUT2D eigenvalue weighted by Crippen LogP contribution is 2.41. The highest BCUT2D eigenvalue weighted by molar-refractivity contribution is 6.30. The molecule has 3 rings (SSSR count). The van der Waals surface area contributed by atoms with Gasteiger partial charge in [-0.05, 0) is 55.0 Å². The molecule has 2 aromatic carbocycles. The summed E-state index contributed by atoms with van der Waals surface area (Å²) in [6.07, 6.45) is 1.58. The van der Waals surface area contributed by atoms with Gasteiger partial charge in [-0.2, -0.15) is 0 Å². The molecule has 2 nitrogen and oxygen atoms in total. The number of hydrogen-bond donors (Lipinski definition) is 1. The maximum absolute atomic E-state index is 10.9. The first kappa shape index (κ1) is 14.4. The Morgan fingerprint density at radius 2 is 2.05 bits per heavy atom. The minimum Gasteiger partial charge on any atom is -0.493 e. The van der Waals surface area contributed by atoms with Crippen molar-refractivity contribution in [1.82, 2.24) is 0 Å². The number of hydrogen-bond acceptors (Lipinski definition) is 2. The van der Waals surface area contributed by atoms with Crippen LogP contribution in [0.15, 0.2) is 48.5 Å². The molecule has 0 fully saturated rings. The quantitative estimate of drug-likeness (QED) is 0.904. The Labute approximate surface area is 130 Å². The van der Waals surface area contributed by atoms with Crippen LogP contribution in [0.4, 0.5) is 0 Å². The molecule has 0 aromatic heterocycles. The number of fused-ring (bicyclic) bond motifs is 1. The van der Waals surface area contributed by atoms with Gasteiger partial charge < -0.3 is 9.84 Å². The molecule has 1 N–H and O–H groups in total. The van der Waals surface area contributed by atoms with Crippen LogP contribution in [-0.2, 0) is 5.60 Å². The molecule has 110 valence electrons. The summed E-state index contributed by atoms with van der Waals surface area (Å²) in [5.74, 6) is 1.24. The van der Waals surface area contributed by atoms with E-state index in [9.17, 15) is 5.11 Å². The lowest BCUT2D eigenvalue weighted by Crippen LogP contribution is -2.27. The van der Waals surface area contributed by atoms with Gasteiger partial charge in [-0.1, -0.05) is 41.9 Å². The Hall–Kier alpha value is -1.51. The summed E-state index contributed by atoms with van der Waals surface area (Å²) in [7, 11) is 0. The smallest absolute Gasteiger partial charge is 0.122 e. The first-order valence-corrected chi connectivity index (χ1v) is 7.64. The highest BCUT2D eigenvalue weighted by Gasteiger charge is 2.31. The van der Waals surface area contributed by atoms with Crippen LogP contribution in [0.3, 0.4) is 0 Å². The summed E-state index contributed by atoms with van der Waals surface area (Å²) in [6, 6.07) is 15.6. The third-order valence-corrected chi connectivity index (χ3v) is 4.41. The molecule has 21 heavy (non-hydrogen) atoms. The van der Waals surface area contributed by atoms with Crippen molar-refractivity contribution in [3.05, 3.63) is 64.7 Å². The lowest BCUT2D eigenvalue weighted by atomic mass is 9.80. The topological polar surface area (TPSA) is 29.5 Å². The van der Waals surface area contributed by atoms with E-state index in [-0.39, 0.29) is 0 Å². The van der Waals surface area contributed by atoms with Gasteiger partial charge in [0.1, 0.15) is 5.75 Å². The van der Waals surface area contributed by atoms with E-state index in [0.29, 0.717) is 24.0 Å². The van der Waals surface area contributed by atoms with Gasteiger partial charge in [0.05, 0.1) is 12.2 Å². The summed E-state index contributed by atoms with van der Waals surface area (Å²) in [5, 5.41) is 11.5. The molecule has 0 aliphatic carbocycles. The molecule has 2 unspecified atom stereocenters. The number of rotatable bonds is 3. The first-order valence-electron chi connectivity index (χ1n) is 7.26. The third kappa shape index (κ3) is 3.07. The Morgan fingerprint density at radius 3 is 2.86 bits per heavy atom. The van der Waals surface area contributed by atoms with Crippen LogP contribution in [-0.4, -0.2) is 11.7 Å². The zero-order valence-corrected chi connectivity index (χ0v) is 12.8. The van der Waals surface area contributed by atoms with Crippen LogP contribution in [0.2, 0.25) is 5.02 Å². The van der Waals surface area contributed by atoms with Crippen molar-refractivity contribution in [3.8, 4) is 5.75 Å². The molecule has 3 heteroatoms. The van der Waals surface area contributed by atoms with Crippen molar-refractivity contribution in [2.45, 2.75) is 31.3 Å². The predicted molar refractivity (Wildman–Crippen MR) is 84.9 cm³/mol. The lowest BCUT2D eigenvalue weighted by molar-refractivity contribution is 0.0352. The molecule has 1 aliphatic heterocycles. The van der Waals surface area contributed by atoms with E-state index in [0.717, 1.165) is 17.7 Å². The predicted octanol–water partition coefficient (Wildman–Crippen LogP) is 4.50. The molecule has 0 amide bonds. The van der Waals surface area contributed by atoms with Gasteiger partial charge in [-0.15, -0.1) is 0 Å². The summed E-state index contributed by atoms with van der Waals surface area (Å²) in [6.45, 7) is 2.56. The van der Waals surface area contributed by atoms with Gasteiger partial charge >= 0.3 is 0 Å². The normalized spacial score (nSPS) is 20.2. The second-order valence-corrected chi connectivity index (χ2v) is 6.30. The second-order valence-electron chi connectivity index (χ2n) is 5.86. The number of benzene rings is 2. The monoisotopic (exact) mass is 302 g/mol. The third-order valence-electron chi connectivity index (χ3n) is 4.17. The minimum atomic E-state index is -0.903. The Balaban J connectivity index is 1.86. The van der Waals surface area contributed by atoms with Crippen molar-refractivity contribution in [3.63, 3.8) is 0 Å². The fraction of sp³-hybridized carbons (Fsp3) is 0.333. The van der Waals surface area contributed by atoms with Crippen molar-refractivity contribution in [2.75, 3.05) is 6.61 Å². The van der Waals surface area contributed by atoms with Crippen molar-refractivity contribution in [2.24, 2.45) is 0 Å². The first-order chi connectivity index (χ1) is 10.1. The van der Waals surface area contributed by atoms with E-state index >= 15 is 0 Å². The van der Waals surface area contributed by atoms with Crippen molar-refractivity contribution < 1.29 is 9.84 Å². The molecule has 0 bridgehead atoms. The molecule has 0 spiro atoms. The summed E-state index contributed by atoms with van der Waals surface area (Å²) in [5.41, 5.74) is 1.14. The molecule has 1 heterocycles. The number of para-hydroxylation sites is 1. The van der Waals surface area contributed by atoms with Crippen molar-refractivity contribution >= 4 is 11.6 Å².